The number of carbonyl (C=O) groups excluding carboxylic acids is 1. The van der Waals surface area contributed by atoms with Crippen LogP contribution in [0.1, 0.15) is 43.9 Å². The number of anilines is 2. The van der Waals surface area contributed by atoms with E-state index in [4.69, 9.17) is 0 Å². The van der Waals surface area contributed by atoms with E-state index in [1.165, 1.54) is 0 Å². The van der Waals surface area contributed by atoms with Crippen molar-refractivity contribution < 1.29 is 4.79 Å². The van der Waals surface area contributed by atoms with Crippen LogP contribution in [0, 0.1) is 0 Å². The third-order valence-electron chi connectivity index (χ3n) is 4.70. The highest BCUT2D eigenvalue weighted by Crippen LogP contribution is 2.23. The van der Waals surface area contributed by atoms with Gasteiger partial charge in [0.2, 0.25) is 5.95 Å². The molecular weight excluding hydrogens is 438 g/mol. The maximum Gasteiger partial charge on any atom is 0.270 e. The van der Waals surface area contributed by atoms with Crippen molar-refractivity contribution in [3.05, 3.63) is 78.9 Å². The van der Waals surface area contributed by atoms with Gasteiger partial charge in [0.05, 0.1) is 23.6 Å². The van der Waals surface area contributed by atoms with Gasteiger partial charge in [0.25, 0.3) is 5.91 Å². The van der Waals surface area contributed by atoms with Crippen LogP contribution in [0.25, 0.3) is 16.6 Å². The molecule has 0 aliphatic carbocycles. The molecule has 0 saturated heterocycles. The molecule has 35 heavy (non-hydrogen) atoms. The molecule has 0 atom stereocenters. The molecule has 0 saturated carbocycles. The lowest BCUT2D eigenvalue weighted by Crippen LogP contribution is -2.28. The van der Waals surface area contributed by atoms with Crippen molar-refractivity contribution in [3.8, 4) is 0 Å². The van der Waals surface area contributed by atoms with Gasteiger partial charge in [0, 0.05) is 42.3 Å². The quantitative estimate of drug-likeness (QED) is 0.373. The normalized spacial score (nSPS) is 11.4. The van der Waals surface area contributed by atoms with Crippen LogP contribution in [0.2, 0.25) is 0 Å². The van der Waals surface area contributed by atoms with E-state index < -0.39 is 0 Å². The number of fused-ring (bicyclic) bond motifs is 1. The summed E-state index contributed by atoms with van der Waals surface area (Å²) in [5, 5.41) is 4.11. The molecule has 2 aromatic heterocycles. The Morgan fingerprint density at radius 1 is 1.20 bits per heavy atom. The van der Waals surface area contributed by atoms with Crippen LogP contribution in [0.4, 0.5) is 11.6 Å². The fraction of sp³-hybridized carbons (Fsp3) is 0.222. The first-order valence-corrected chi connectivity index (χ1v) is 11.4. The van der Waals surface area contributed by atoms with E-state index in [2.05, 4.69) is 43.4 Å². The molecule has 3 aromatic rings. The van der Waals surface area contributed by atoms with Crippen LogP contribution in [-0.4, -0.2) is 51.8 Å². The highest BCUT2D eigenvalue weighted by Gasteiger charge is 2.15. The summed E-state index contributed by atoms with van der Waals surface area (Å²) < 4.78 is 0. The number of likely N-dealkylation sites (N-methyl/N-ethyl adjacent to an activating group) is 1. The first-order chi connectivity index (χ1) is 16.9. The minimum atomic E-state index is -0.151. The van der Waals surface area contributed by atoms with Gasteiger partial charge >= 0.3 is 0 Å². The summed E-state index contributed by atoms with van der Waals surface area (Å²) >= 11 is 0. The topological polar surface area (TPSA) is 98.6 Å². The third-order valence-corrected chi connectivity index (χ3v) is 4.70. The van der Waals surface area contributed by atoms with Gasteiger partial charge in [-0.3, -0.25) is 14.8 Å². The molecule has 0 aliphatic heterocycles. The molecule has 2 heterocycles. The molecule has 1 amide bonds. The number of aliphatic imine (C=N–C) groups is 2. The highest BCUT2D eigenvalue weighted by molar-refractivity contribution is 5.98. The van der Waals surface area contributed by atoms with Crippen molar-refractivity contribution in [1.29, 1.82) is 0 Å². The number of aromatic amines is 1. The predicted molar refractivity (Wildman–Crippen MR) is 148 cm³/mol. The van der Waals surface area contributed by atoms with Gasteiger partial charge in [-0.25, -0.2) is 9.97 Å². The fourth-order valence-corrected chi connectivity index (χ4v) is 3.19. The van der Waals surface area contributed by atoms with Gasteiger partial charge in [-0.1, -0.05) is 39.2 Å². The Balaban J connectivity index is 0.00000210. The van der Waals surface area contributed by atoms with E-state index in [1.54, 1.807) is 36.6 Å². The molecule has 2 N–H and O–H groups in total. The molecule has 182 valence electrons. The SMILES string of the molecule is C=CC=NC(=C)CN(C)C(=O)c1cc2cc(Nc3nccc(/C(=C/C)N=CC)n3)ccc2[nH]1.CC. The molecule has 3 rings (SSSR count). The summed E-state index contributed by atoms with van der Waals surface area (Å²) in [5.41, 5.74) is 4.21. The summed E-state index contributed by atoms with van der Waals surface area (Å²) in [6.45, 7) is 15.5. The number of aromatic nitrogens is 3. The van der Waals surface area contributed by atoms with E-state index in [0.29, 0.717) is 23.9 Å². The molecule has 0 aliphatic rings. The van der Waals surface area contributed by atoms with E-state index >= 15 is 0 Å². The van der Waals surface area contributed by atoms with E-state index in [-0.39, 0.29) is 5.91 Å². The molecule has 8 heteroatoms. The number of hydrogen-bond acceptors (Lipinski definition) is 6. The number of rotatable bonds is 9. The zero-order chi connectivity index (χ0) is 25.8. The third kappa shape index (κ3) is 7.33. The molecule has 0 spiro atoms. The lowest BCUT2D eigenvalue weighted by atomic mass is 10.2. The summed E-state index contributed by atoms with van der Waals surface area (Å²) in [7, 11) is 1.71. The number of nitrogens with one attached hydrogen (secondary N) is 2. The van der Waals surface area contributed by atoms with Crippen molar-refractivity contribution in [2.45, 2.75) is 27.7 Å². The summed E-state index contributed by atoms with van der Waals surface area (Å²) in [6.07, 6.45) is 8.43. The Morgan fingerprint density at radius 2 is 1.97 bits per heavy atom. The number of allylic oxidation sites excluding steroid dienone is 2. The van der Waals surface area contributed by atoms with Gasteiger partial charge in [-0.2, -0.15) is 0 Å². The smallest absolute Gasteiger partial charge is 0.270 e. The standard InChI is InChI=1S/C25H27N7O.C2H6/c1-6-12-27-17(4)16-32(5)24(33)23-15-18-14-19(9-10-21(18)30-23)29-25-28-13-11-22(31-25)20(7-2)26-8-3;1-2/h6-15,30H,1,4,16H2,2-3,5H3,(H,28,29,31);1-2H3/b20-7-,26-8?,27-12?;. The minimum absolute atomic E-state index is 0.151. The first kappa shape index (κ1) is 26.9. The fourth-order valence-electron chi connectivity index (χ4n) is 3.19. The number of benzene rings is 1. The van der Waals surface area contributed by atoms with Crippen LogP contribution in [-0.2, 0) is 0 Å². The van der Waals surface area contributed by atoms with Crippen LogP contribution in [0.15, 0.2) is 77.5 Å². The lowest BCUT2D eigenvalue weighted by Gasteiger charge is -2.15. The number of amides is 1. The Bertz CT molecular complexity index is 1270. The molecule has 0 fully saturated rings. The van der Waals surface area contributed by atoms with E-state index in [1.807, 2.05) is 64.1 Å². The van der Waals surface area contributed by atoms with Crippen LogP contribution >= 0.6 is 0 Å². The molecular formula is C27H33N7O. The Labute approximate surface area is 206 Å². The minimum Gasteiger partial charge on any atom is -0.351 e. The second-order valence-electron chi connectivity index (χ2n) is 7.18. The monoisotopic (exact) mass is 471 g/mol. The van der Waals surface area contributed by atoms with Crippen LogP contribution < -0.4 is 5.32 Å². The average molecular weight is 472 g/mol. The number of hydrogen-bond donors (Lipinski definition) is 2. The Kier molecular flexibility index (Phi) is 10.3. The zero-order valence-electron chi connectivity index (χ0n) is 21.0. The van der Waals surface area contributed by atoms with E-state index in [0.717, 1.165) is 28.0 Å². The molecule has 1 aromatic carbocycles. The number of carbonyl (C=O) groups is 1. The maximum atomic E-state index is 12.8. The van der Waals surface area contributed by atoms with Crippen LogP contribution in [0.3, 0.4) is 0 Å². The highest BCUT2D eigenvalue weighted by atomic mass is 16.2. The Hall–Kier alpha value is -4.33. The average Bonchev–Trinajstić information content (AvgIpc) is 3.30. The van der Waals surface area contributed by atoms with Crippen molar-refractivity contribution in [2.75, 3.05) is 18.9 Å². The number of nitrogens with zero attached hydrogens (tertiary/aromatic N) is 5. The first-order valence-electron chi connectivity index (χ1n) is 11.4. The molecule has 0 unspecified atom stereocenters. The summed E-state index contributed by atoms with van der Waals surface area (Å²) in [5.74, 6) is 0.310. The van der Waals surface area contributed by atoms with Gasteiger partial charge in [0.1, 0.15) is 5.69 Å². The van der Waals surface area contributed by atoms with Gasteiger partial charge in [-0.15, -0.1) is 0 Å². The van der Waals surface area contributed by atoms with Crippen molar-refractivity contribution in [2.24, 2.45) is 9.98 Å². The largest absolute Gasteiger partial charge is 0.351 e. The van der Waals surface area contributed by atoms with Crippen molar-refractivity contribution >= 4 is 46.6 Å². The van der Waals surface area contributed by atoms with Gasteiger partial charge in [-0.05, 0) is 44.2 Å². The van der Waals surface area contributed by atoms with Gasteiger partial charge < -0.3 is 15.2 Å². The predicted octanol–water partition coefficient (Wildman–Crippen LogP) is 6.02. The Morgan fingerprint density at radius 3 is 2.66 bits per heavy atom. The molecule has 0 bridgehead atoms. The molecule has 0 radical (unpaired) electrons. The van der Waals surface area contributed by atoms with E-state index in [9.17, 15) is 4.79 Å². The lowest BCUT2D eigenvalue weighted by molar-refractivity contribution is 0.0802. The van der Waals surface area contributed by atoms with Crippen molar-refractivity contribution in [3.63, 3.8) is 0 Å². The molecule has 8 nitrogen and oxygen atoms in total. The summed E-state index contributed by atoms with van der Waals surface area (Å²) in [4.78, 5) is 34.8. The second kappa shape index (κ2) is 13.4. The number of H-pyrrole nitrogens is 1. The van der Waals surface area contributed by atoms with Crippen molar-refractivity contribution in [1.82, 2.24) is 19.9 Å². The summed E-state index contributed by atoms with van der Waals surface area (Å²) in [6, 6.07) is 9.38. The maximum absolute atomic E-state index is 12.8. The zero-order valence-corrected chi connectivity index (χ0v) is 21.0. The van der Waals surface area contributed by atoms with Gasteiger partial charge in [0.15, 0.2) is 0 Å². The second-order valence-corrected chi connectivity index (χ2v) is 7.18. The van der Waals surface area contributed by atoms with Crippen LogP contribution in [0.5, 0.6) is 0 Å².